The van der Waals surface area contributed by atoms with E-state index in [1.165, 1.54) is 26.1 Å². The maximum absolute atomic E-state index is 5.42. The van der Waals surface area contributed by atoms with Crippen LogP contribution in [0.3, 0.4) is 0 Å². The van der Waals surface area contributed by atoms with Gasteiger partial charge in [-0.15, -0.1) is 0 Å². The summed E-state index contributed by atoms with van der Waals surface area (Å²) in [5.74, 6) is 0.886. The van der Waals surface area contributed by atoms with E-state index >= 15 is 0 Å². The van der Waals surface area contributed by atoms with E-state index in [4.69, 9.17) is 9.47 Å². The molecular formula is C13H28N2O2. The molecule has 0 radical (unpaired) electrons. The standard InChI is InChI=1S/C13H28N2O2/c1-3-16-9-7-15(8-10-17-4-2)6-5-13-11-14-12-13/h13-14H,3-12H2,1-2H3. The molecule has 0 aromatic heterocycles. The third-order valence-corrected chi connectivity index (χ3v) is 3.23. The molecule has 102 valence electrons. The minimum absolute atomic E-state index is 0.811. The Morgan fingerprint density at radius 3 is 2.00 bits per heavy atom. The van der Waals surface area contributed by atoms with Crippen LogP contribution in [0.1, 0.15) is 20.3 Å². The summed E-state index contributed by atoms with van der Waals surface area (Å²) in [6, 6.07) is 0. The van der Waals surface area contributed by atoms with Gasteiger partial charge in [0.1, 0.15) is 0 Å². The van der Waals surface area contributed by atoms with Gasteiger partial charge in [0, 0.05) is 26.3 Å². The molecule has 1 N–H and O–H groups in total. The van der Waals surface area contributed by atoms with Crippen molar-refractivity contribution < 1.29 is 9.47 Å². The maximum atomic E-state index is 5.42. The Labute approximate surface area is 106 Å². The lowest BCUT2D eigenvalue weighted by Gasteiger charge is -2.30. The Kier molecular flexibility index (Phi) is 8.61. The number of nitrogens with zero attached hydrogens (tertiary/aromatic N) is 1. The lowest BCUT2D eigenvalue weighted by molar-refractivity contribution is 0.0787. The summed E-state index contributed by atoms with van der Waals surface area (Å²) in [5.41, 5.74) is 0. The Balaban J connectivity index is 2.09. The monoisotopic (exact) mass is 244 g/mol. The molecule has 4 heteroatoms. The largest absolute Gasteiger partial charge is 0.380 e. The third kappa shape index (κ3) is 6.99. The van der Waals surface area contributed by atoms with Crippen LogP contribution in [0, 0.1) is 5.92 Å². The van der Waals surface area contributed by atoms with Crippen molar-refractivity contribution in [3.63, 3.8) is 0 Å². The molecule has 0 bridgehead atoms. The zero-order valence-electron chi connectivity index (χ0n) is 11.4. The van der Waals surface area contributed by atoms with Gasteiger partial charge in [0.25, 0.3) is 0 Å². The van der Waals surface area contributed by atoms with Crippen molar-refractivity contribution in [3.05, 3.63) is 0 Å². The summed E-state index contributed by atoms with van der Waals surface area (Å²) in [6.45, 7) is 13.0. The highest BCUT2D eigenvalue weighted by Crippen LogP contribution is 2.09. The van der Waals surface area contributed by atoms with E-state index in [9.17, 15) is 0 Å². The first-order chi connectivity index (χ1) is 8.36. The smallest absolute Gasteiger partial charge is 0.0593 e. The highest BCUT2D eigenvalue weighted by molar-refractivity contribution is 4.75. The second-order valence-electron chi connectivity index (χ2n) is 4.55. The van der Waals surface area contributed by atoms with Crippen LogP contribution in [0.5, 0.6) is 0 Å². The second kappa shape index (κ2) is 9.83. The van der Waals surface area contributed by atoms with Crippen LogP contribution in [0.2, 0.25) is 0 Å². The van der Waals surface area contributed by atoms with Gasteiger partial charge in [0.2, 0.25) is 0 Å². The van der Waals surface area contributed by atoms with Crippen molar-refractivity contribution in [2.45, 2.75) is 20.3 Å². The number of rotatable bonds is 11. The van der Waals surface area contributed by atoms with E-state index in [-0.39, 0.29) is 0 Å². The van der Waals surface area contributed by atoms with E-state index in [1.54, 1.807) is 0 Å². The van der Waals surface area contributed by atoms with E-state index in [0.717, 1.165) is 45.4 Å². The quantitative estimate of drug-likeness (QED) is 0.549. The summed E-state index contributed by atoms with van der Waals surface area (Å²) in [4.78, 5) is 2.46. The predicted molar refractivity (Wildman–Crippen MR) is 70.4 cm³/mol. The topological polar surface area (TPSA) is 33.7 Å². The van der Waals surface area contributed by atoms with Crippen molar-refractivity contribution in [1.29, 1.82) is 0 Å². The maximum Gasteiger partial charge on any atom is 0.0593 e. The van der Waals surface area contributed by atoms with Gasteiger partial charge in [0.05, 0.1) is 13.2 Å². The average Bonchev–Trinajstić information content (AvgIpc) is 2.27. The zero-order chi connectivity index (χ0) is 12.3. The third-order valence-electron chi connectivity index (χ3n) is 3.23. The first-order valence-electron chi connectivity index (χ1n) is 6.95. The average molecular weight is 244 g/mol. The highest BCUT2D eigenvalue weighted by Gasteiger charge is 2.17. The molecule has 0 spiro atoms. The molecule has 1 saturated heterocycles. The summed E-state index contributed by atoms with van der Waals surface area (Å²) in [5, 5.41) is 3.32. The van der Waals surface area contributed by atoms with E-state index in [0.29, 0.717) is 0 Å². The van der Waals surface area contributed by atoms with Gasteiger partial charge in [-0.2, -0.15) is 0 Å². The van der Waals surface area contributed by atoms with Crippen molar-refractivity contribution in [1.82, 2.24) is 10.2 Å². The molecule has 0 atom stereocenters. The Morgan fingerprint density at radius 1 is 1.00 bits per heavy atom. The number of nitrogens with one attached hydrogen (secondary N) is 1. The van der Waals surface area contributed by atoms with Gasteiger partial charge in [-0.25, -0.2) is 0 Å². The Bertz CT molecular complexity index is 165. The minimum Gasteiger partial charge on any atom is -0.380 e. The fourth-order valence-electron chi connectivity index (χ4n) is 1.93. The number of ether oxygens (including phenoxy) is 2. The van der Waals surface area contributed by atoms with Gasteiger partial charge in [-0.05, 0) is 45.8 Å². The van der Waals surface area contributed by atoms with Crippen molar-refractivity contribution in [3.8, 4) is 0 Å². The summed E-state index contributed by atoms with van der Waals surface area (Å²) in [7, 11) is 0. The summed E-state index contributed by atoms with van der Waals surface area (Å²) < 4.78 is 10.8. The Morgan fingerprint density at radius 2 is 1.59 bits per heavy atom. The van der Waals surface area contributed by atoms with Crippen LogP contribution >= 0.6 is 0 Å². The molecule has 17 heavy (non-hydrogen) atoms. The molecule has 0 saturated carbocycles. The first kappa shape index (κ1) is 14.9. The van der Waals surface area contributed by atoms with Crippen molar-refractivity contribution in [2.75, 3.05) is 59.2 Å². The molecule has 0 aromatic rings. The molecule has 1 rings (SSSR count). The molecule has 0 aromatic carbocycles. The lowest BCUT2D eigenvalue weighted by atomic mass is 9.99. The minimum atomic E-state index is 0.811. The SMILES string of the molecule is CCOCCN(CCOCC)CCC1CNC1. The fraction of sp³-hybridized carbons (Fsp3) is 1.00. The van der Waals surface area contributed by atoms with Gasteiger partial charge in [0.15, 0.2) is 0 Å². The highest BCUT2D eigenvalue weighted by atomic mass is 16.5. The molecule has 0 aliphatic carbocycles. The lowest BCUT2D eigenvalue weighted by Crippen LogP contribution is -2.44. The fourth-order valence-corrected chi connectivity index (χ4v) is 1.93. The molecule has 1 aliphatic heterocycles. The van der Waals surface area contributed by atoms with Crippen LogP contribution in [-0.4, -0.2) is 64.1 Å². The van der Waals surface area contributed by atoms with Crippen LogP contribution in [0.25, 0.3) is 0 Å². The van der Waals surface area contributed by atoms with Crippen molar-refractivity contribution >= 4 is 0 Å². The van der Waals surface area contributed by atoms with Gasteiger partial charge >= 0.3 is 0 Å². The normalized spacial score (nSPS) is 16.4. The van der Waals surface area contributed by atoms with Crippen LogP contribution in [-0.2, 0) is 9.47 Å². The molecule has 0 amide bonds. The van der Waals surface area contributed by atoms with Gasteiger partial charge in [-0.3, -0.25) is 4.90 Å². The van der Waals surface area contributed by atoms with Crippen LogP contribution in [0.4, 0.5) is 0 Å². The number of hydrogen-bond acceptors (Lipinski definition) is 4. The molecule has 1 aliphatic rings. The van der Waals surface area contributed by atoms with E-state index in [2.05, 4.69) is 10.2 Å². The van der Waals surface area contributed by atoms with Gasteiger partial charge < -0.3 is 14.8 Å². The van der Waals surface area contributed by atoms with E-state index < -0.39 is 0 Å². The van der Waals surface area contributed by atoms with Crippen LogP contribution in [0.15, 0.2) is 0 Å². The molecule has 1 fully saturated rings. The zero-order valence-corrected chi connectivity index (χ0v) is 11.4. The van der Waals surface area contributed by atoms with Crippen molar-refractivity contribution in [2.24, 2.45) is 5.92 Å². The Hall–Kier alpha value is -0.160. The molecule has 1 heterocycles. The molecular weight excluding hydrogens is 216 g/mol. The van der Waals surface area contributed by atoms with Crippen LogP contribution < -0.4 is 5.32 Å². The molecule has 4 nitrogen and oxygen atoms in total. The summed E-state index contributed by atoms with van der Waals surface area (Å²) >= 11 is 0. The second-order valence-corrected chi connectivity index (χ2v) is 4.55. The number of hydrogen-bond donors (Lipinski definition) is 1. The van der Waals surface area contributed by atoms with E-state index in [1.807, 2.05) is 13.8 Å². The molecule has 0 unspecified atom stereocenters. The van der Waals surface area contributed by atoms with Gasteiger partial charge in [-0.1, -0.05) is 0 Å². The predicted octanol–water partition coefficient (Wildman–Crippen LogP) is 0.971. The first-order valence-corrected chi connectivity index (χ1v) is 6.95. The summed E-state index contributed by atoms with van der Waals surface area (Å²) in [6.07, 6.45) is 1.30.